The maximum atomic E-state index is 11.5. The summed E-state index contributed by atoms with van der Waals surface area (Å²) in [5, 5.41) is 14.2. The van der Waals surface area contributed by atoms with E-state index >= 15 is 0 Å². The third-order valence-electron chi connectivity index (χ3n) is 4.30. The normalized spacial score (nSPS) is 12.2. The average Bonchev–Trinajstić information content (AvgIpc) is 2.99. The van der Waals surface area contributed by atoms with E-state index in [2.05, 4.69) is 31.9 Å². The molecule has 7 nitrogen and oxygen atoms in total. The molecule has 2 aromatic rings. The lowest BCUT2D eigenvalue weighted by atomic mass is 9.86. The second-order valence-corrected chi connectivity index (χ2v) is 7.65. The van der Waals surface area contributed by atoms with E-state index in [0.29, 0.717) is 22.6 Å². The van der Waals surface area contributed by atoms with Crippen LogP contribution in [0.1, 0.15) is 43.3 Å². The summed E-state index contributed by atoms with van der Waals surface area (Å²) in [6.45, 7) is 7.72. The first-order chi connectivity index (χ1) is 13.7. The molecule has 0 saturated carbocycles. The summed E-state index contributed by atoms with van der Waals surface area (Å²) in [7, 11) is 3.17. The molecule has 2 rings (SSSR count). The number of rotatable bonds is 7. The van der Waals surface area contributed by atoms with Crippen molar-refractivity contribution in [2.75, 3.05) is 20.5 Å². The van der Waals surface area contributed by atoms with Crippen molar-refractivity contribution in [3.8, 4) is 6.07 Å². The van der Waals surface area contributed by atoms with E-state index in [1.807, 2.05) is 37.3 Å². The Hall–Kier alpha value is -3.11. The highest BCUT2D eigenvalue weighted by molar-refractivity contribution is 5.94. The first-order valence-corrected chi connectivity index (χ1v) is 9.21. The number of ether oxygens (including phenoxy) is 3. The van der Waals surface area contributed by atoms with E-state index in [4.69, 9.17) is 14.2 Å². The molecule has 1 heterocycles. The number of benzene rings is 1. The molecule has 1 aromatic heterocycles. The summed E-state index contributed by atoms with van der Waals surface area (Å²) in [5.74, 6) is -0.259. The zero-order valence-corrected chi connectivity index (χ0v) is 17.8. The Morgan fingerprint density at radius 3 is 2.34 bits per heavy atom. The minimum Gasteiger partial charge on any atom is -0.454 e. The van der Waals surface area contributed by atoms with Crippen molar-refractivity contribution in [1.29, 1.82) is 5.26 Å². The maximum absolute atomic E-state index is 11.5. The molecule has 0 bridgehead atoms. The van der Waals surface area contributed by atoms with Crippen LogP contribution in [-0.4, -0.2) is 36.3 Å². The van der Waals surface area contributed by atoms with Crippen molar-refractivity contribution in [3.05, 3.63) is 52.8 Å². The highest BCUT2D eigenvalue weighted by Crippen LogP contribution is 2.29. The third-order valence-corrected chi connectivity index (χ3v) is 4.30. The van der Waals surface area contributed by atoms with Crippen LogP contribution in [0.5, 0.6) is 0 Å². The van der Waals surface area contributed by atoms with Gasteiger partial charge in [0.2, 0.25) is 6.79 Å². The standard InChI is InChI=1S/C22H27N3O4/c1-15-11-19(25(5)24-15)21(29-14-28-20(26)13-27-6)18(12-23)16-7-9-17(10-8-16)22(2,3)4/h7-11H,13-14H2,1-6H3/b21-18-. The molecule has 0 unspecified atom stereocenters. The number of hydrogen-bond acceptors (Lipinski definition) is 6. The molecule has 0 aliphatic rings. The summed E-state index contributed by atoms with van der Waals surface area (Å²) in [6, 6.07) is 11.8. The van der Waals surface area contributed by atoms with Gasteiger partial charge in [-0.15, -0.1) is 0 Å². The summed E-state index contributed by atoms with van der Waals surface area (Å²) >= 11 is 0. The molecule has 0 aliphatic carbocycles. The quantitative estimate of drug-likeness (QED) is 0.307. The van der Waals surface area contributed by atoms with Crippen LogP contribution in [0, 0.1) is 18.3 Å². The summed E-state index contributed by atoms with van der Waals surface area (Å²) in [4.78, 5) is 11.5. The summed E-state index contributed by atoms with van der Waals surface area (Å²) in [5.41, 5.74) is 3.59. The molecular weight excluding hydrogens is 370 g/mol. The first kappa shape index (κ1) is 22.2. The van der Waals surface area contributed by atoms with E-state index in [9.17, 15) is 10.1 Å². The molecular formula is C22H27N3O4. The molecule has 0 atom stereocenters. The zero-order chi connectivity index (χ0) is 21.6. The number of allylic oxidation sites excluding steroid dienone is 1. The van der Waals surface area contributed by atoms with E-state index in [1.165, 1.54) is 7.11 Å². The van der Waals surface area contributed by atoms with Crippen LogP contribution in [0.4, 0.5) is 0 Å². The fourth-order valence-corrected chi connectivity index (χ4v) is 2.79. The molecule has 154 valence electrons. The van der Waals surface area contributed by atoms with Crippen molar-refractivity contribution in [2.24, 2.45) is 7.05 Å². The molecule has 0 aliphatic heterocycles. The molecule has 1 aromatic carbocycles. The topological polar surface area (TPSA) is 86.4 Å². The first-order valence-electron chi connectivity index (χ1n) is 9.21. The average molecular weight is 397 g/mol. The van der Waals surface area contributed by atoms with Gasteiger partial charge in [-0.3, -0.25) is 4.68 Å². The van der Waals surface area contributed by atoms with Crippen LogP contribution >= 0.6 is 0 Å². The van der Waals surface area contributed by atoms with Gasteiger partial charge in [-0.2, -0.15) is 10.4 Å². The molecule has 0 spiro atoms. The van der Waals surface area contributed by atoms with Crippen LogP contribution in [0.25, 0.3) is 11.3 Å². The van der Waals surface area contributed by atoms with Crippen LogP contribution in [-0.2, 0) is 31.5 Å². The molecule has 0 fully saturated rings. The lowest BCUT2D eigenvalue weighted by Gasteiger charge is -2.19. The Kier molecular flexibility index (Phi) is 7.18. The molecule has 7 heteroatoms. The van der Waals surface area contributed by atoms with Gasteiger partial charge >= 0.3 is 5.97 Å². The number of aromatic nitrogens is 2. The lowest BCUT2D eigenvalue weighted by molar-refractivity contribution is -0.155. The molecule has 29 heavy (non-hydrogen) atoms. The Morgan fingerprint density at radius 2 is 1.86 bits per heavy atom. The second-order valence-electron chi connectivity index (χ2n) is 7.65. The fourth-order valence-electron chi connectivity index (χ4n) is 2.79. The number of nitrogens with zero attached hydrogens (tertiary/aromatic N) is 3. The van der Waals surface area contributed by atoms with E-state index < -0.39 is 5.97 Å². The van der Waals surface area contributed by atoms with Gasteiger partial charge in [0.25, 0.3) is 0 Å². The van der Waals surface area contributed by atoms with Crippen LogP contribution < -0.4 is 0 Å². The SMILES string of the molecule is COCC(=O)OCO/C(=C(/C#N)c1ccc(C(C)(C)C)cc1)c1cc(C)nn1C. The number of methoxy groups -OCH3 is 1. The number of aryl methyl sites for hydroxylation is 2. The predicted molar refractivity (Wildman–Crippen MR) is 109 cm³/mol. The largest absolute Gasteiger partial charge is 0.454 e. The van der Waals surface area contributed by atoms with Crippen LogP contribution in [0.15, 0.2) is 30.3 Å². The number of nitriles is 1. The Morgan fingerprint density at radius 1 is 1.21 bits per heavy atom. The van der Waals surface area contributed by atoms with Gasteiger partial charge in [0, 0.05) is 14.2 Å². The van der Waals surface area contributed by atoms with Gasteiger partial charge in [-0.05, 0) is 29.5 Å². The highest BCUT2D eigenvalue weighted by atomic mass is 16.7. The molecule has 0 radical (unpaired) electrons. The van der Waals surface area contributed by atoms with Gasteiger partial charge in [0.05, 0.1) is 5.69 Å². The maximum Gasteiger partial charge on any atom is 0.334 e. The van der Waals surface area contributed by atoms with Crippen molar-refractivity contribution >= 4 is 17.3 Å². The second kappa shape index (κ2) is 9.39. The van der Waals surface area contributed by atoms with Crippen molar-refractivity contribution in [1.82, 2.24) is 9.78 Å². The fraction of sp³-hybridized carbons (Fsp3) is 0.409. The Labute approximate surface area is 171 Å². The van der Waals surface area contributed by atoms with E-state index in [0.717, 1.165) is 11.3 Å². The Balaban J connectivity index is 2.45. The smallest absolute Gasteiger partial charge is 0.334 e. The van der Waals surface area contributed by atoms with E-state index in [-0.39, 0.29) is 18.8 Å². The minimum absolute atomic E-state index is 0.00306. The van der Waals surface area contributed by atoms with Gasteiger partial charge in [0.1, 0.15) is 23.9 Å². The minimum atomic E-state index is -0.555. The predicted octanol–water partition coefficient (Wildman–Crippen LogP) is 3.58. The van der Waals surface area contributed by atoms with Gasteiger partial charge in [-0.1, -0.05) is 45.0 Å². The lowest BCUT2D eigenvalue weighted by Crippen LogP contribution is -2.14. The van der Waals surface area contributed by atoms with Crippen molar-refractivity contribution in [3.63, 3.8) is 0 Å². The Bertz CT molecular complexity index is 928. The van der Waals surface area contributed by atoms with Gasteiger partial charge in [0.15, 0.2) is 5.76 Å². The number of esters is 1. The number of carbonyl (C=O) groups excluding carboxylic acids is 1. The number of hydrogen-bond donors (Lipinski definition) is 0. The monoisotopic (exact) mass is 397 g/mol. The van der Waals surface area contributed by atoms with Crippen LogP contribution in [0.3, 0.4) is 0 Å². The molecule has 0 N–H and O–H groups in total. The van der Waals surface area contributed by atoms with Gasteiger partial charge in [-0.25, -0.2) is 4.79 Å². The molecule has 0 saturated heterocycles. The summed E-state index contributed by atoms with van der Waals surface area (Å²) < 4.78 is 17.1. The van der Waals surface area contributed by atoms with Crippen molar-refractivity contribution in [2.45, 2.75) is 33.1 Å². The highest BCUT2D eigenvalue weighted by Gasteiger charge is 2.19. The van der Waals surface area contributed by atoms with Crippen LogP contribution in [0.2, 0.25) is 0 Å². The van der Waals surface area contributed by atoms with Crippen molar-refractivity contribution < 1.29 is 19.0 Å². The number of carbonyl (C=O) groups is 1. The molecule has 0 amide bonds. The zero-order valence-electron chi connectivity index (χ0n) is 17.8. The summed E-state index contributed by atoms with van der Waals surface area (Å²) in [6.07, 6.45) is 0. The third kappa shape index (κ3) is 5.69. The van der Waals surface area contributed by atoms with Gasteiger partial charge < -0.3 is 14.2 Å². The van der Waals surface area contributed by atoms with E-state index in [1.54, 1.807) is 11.7 Å².